The summed E-state index contributed by atoms with van der Waals surface area (Å²) in [5, 5.41) is 12.3. The molecule has 0 fully saturated rings. The molecule has 1 amide bonds. The summed E-state index contributed by atoms with van der Waals surface area (Å²) in [4.78, 5) is 12.5. The Morgan fingerprint density at radius 1 is 1.20 bits per heavy atom. The number of benzene rings is 1. The van der Waals surface area contributed by atoms with Crippen molar-refractivity contribution in [2.45, 2.75) is 46.7 Å². The van der Waals surface area contributed by atoms with Crippen molar-refractivity contribution in [3.8, 4) is 6.07 Å². The van der Waals surface area contributed by atoms with Gasteiger partial charge in [-0.3, -0.25) is 4.79 Å². The number of rotatable bonds is 5. The Balaban J connectivity index is 2.25. The Morgan fingerprint density at radius 3 is 2.36 bits per heavy atom. The van der Waals surface area contributed by atoms with Crippen LogP contribution in [0.1, 0.15) is 55.4 Å². The molecule has 4 heteroatoms. The normalized spacial score (nSPS) is 12.8. The van der Waals surface area contributed by atoms with E-state index in [4.69, 9.17) is 0 Å². The molecular weight excluding hydrogens is 310 g/mol. The van der Waals surface area contributed by atoms with E-state index < -0.39 is 0 Å². The molecule has 1 aromatic carbocycles. The van der Waals surface area contributed by atoms with Crippen LogP contribution in [0.25, 0.3) is 6.08 Å². The highest BCUT2D eigenvalue weighted by Gasteiger charge is 2.16. The van der Waals surface area contributed by atoms with Crippen LogP contribution in [0.15, 0.2) is 42.0 Å². The summed E-state index contributed by atoms with van der Waals surface area (Å²) in [6.45, 7) is 10.2. The van der Waals surface area contributed by atoms with Gasteiger partial charge in [-0.05, 0) is 57.9 Å². The molecule has 0 aliphatic heterocycles. The van der Waals surface area contributed by atoms with Crippen LogP contribution < -0.4 is 5.32 Å². The third kappa shape index (κ3) is 4.19. The van der Waals surface area contributed by atoms with Crippen LogP contribution in [0.4, 0.5) is 0 Å². The van der Waals surface area contributed by atoms with Crippen LogP contribution in [0.3, 0.4) is 0 Å². The molecule has 25 heavy (non-hydrogen) atoms. The molecule has 0 aliphatic rings. The van der Waals surface area contributed by atoms with Gasteiger partial charge in [0.05, 0.1) is 6.04 Å². The molecule has 1 atom stereocenters. The van der Waals surface area contributed by atoms with Crippen molar-refractivity contribution in [3.05, 3.63) is 64.5 Å². The fourth-order valence-corrected chi connectivity index (χ4v) is 3.15. The second-order valence-electron chi connectivity index (χ2n) is 6.57. The molecule has 0 bridgehead atoms. The molecule has 0 spiro atoms. The second kappa shape index (κ2) is 7.85. The molecule has 1 N–H and O–H groups in total. The first-order valence-electron chi connectivity index (χ1n) is 8.51. The van der Waals surface area contributed by atoms with Crippen LogP contribution in [-0.2, 0) is 4.79 Å². The Morgan fingerprint density at radius 2 is 1.84 bits per heavy atom. The lowest BCUT2D eigenvalue weighted by Gasteiger charge is -2.14. The quantitative estimate of drug-likeness (QED) is 0.647. The van der Waals surface area contributed by atoms with E-state index in [0.29, 0.717) is 6.04 Å². The zero-order valence-corrected chi connectivity index (χ0v) is 15.5. The van der Waals surface area contributed by atoms with Crippen molar-refractivity contribution in [2.24, 2.45) is 0 Å². The predicted octanol–water partition coefficient (Wildman–Crippen LogP) is 4.47. The third-order valence-corrected chi connectivity index (χ3v) is 4.35. The van der Waals surface area contributed by atoms with Gasteiger partial charge in [-0.2, -0.15) is 5.26 Å². The van der Waals surface area contributed by atoms with E-state index in [1.54, 1.807) is 6.08 Å². The van der Waals surface area contributed by atoms with Gasteiger partial charge in [0.1, 0.15) is 11.6 Å². The van der Waals surface area contributed by atoms with Gasteiger partial charge in [0.25, 0.3) is 5.91 Å². The van der Waals surface area contributed by atoms with Crippen molar-refractivity contribution in [1.29, 1.82) is 5.26 Å². The number of aryl methyl sites for hydroxylation is 1. The zero-order chi connectivity index (χ0) is 18.6. The maximum absolute atomic E-state index is 12.5. The van der Waals surface area contributed by atoms with E-state index in [-0.39, 0.29) is 17.5 Å². The fourth-order valence-electron chi connectivity index (χ4n) is 3.15. The Labute approximate surface area is 149 Å². The number of nitrogens with one attached hydrogen (secondary N) is 1. The molecule has 1 heterocycles. The molecule has 0 radical (unpaired) electrons. The van der Waals surface area contributed by atoms with Crippen LogP contribution in [0.2, 0.25) is 0 Å². The molecule has 0 unspecified atom stereocenters. The van der Waals surface area contributed by atoms with Gasteiger partial charge in [-0.25, -0.2) is 0 Å². The van der Waals surface area contributed by atoms with E-state index in [1.807, 2.05) is 63.2 Å². The van der Waals surface area contributed by atoms with Crippen LogP contribution in [0.5, 0.6) is 0 Å². The Hall–Kier alpha value is -2.80. The number of carbonyl (C=O) groups excluding carboxylic acids is 1. The summed E-state index contributed by atoms with van der Waals surface area (Å²) in [7, 11) is 0. The predicted molar refractivity (Wildman–Crippen MR) is 101 cm³/mol. The second-order valence-corrected chi connectivity index (χ2v) is 6.57. The molecule has 1 aromatic heterocycles. The third-order valence-electron chi connectivity index (χ3n) is 4.35. The van der Waals surface area contributed by atoms with E-state index in [0.717, 1.165) is 22.5 Å². The molecular formula is C21H25N3O. The Kier molecular flexibility index (Phi) is 5.82. The highest BCUT2D eigenvalue weighted by atomic mass is 16.1. The van der Waals surface area contributed by atoms with Gasteiger partial charge in [0.15, 0.2) is 0 Å². The first-order valence-corrected chi connectivity index (χ1v) is 8.51. The largest absolute Gasteiger partial charge is 0.346 e. The summed E-state index contributed by atoms with van der Waals surface area (Å²) in [6, 6.07) is 13.9. The summed E-state index contributed by atoms with van der Waals surface area (Å²) in [5.74, 6) is -0.354. The number of aromatic nitrogens is 1. The van der Waals surface area contributed by atoms with Crippen molar-refractivity contribution >= 4 is 12.0 Å². The van der Waals surface area contributed by atoms with Gasteiger partial charge < -0.3 is 9.88 Å². The van der Waals surface area contributed by atoms with Gasteiger partial charge in [0.2, 0.25) is 0 Å². The molecule has 0 aliphatic carbocycles. The summed E-state index contributed by atoms with van der Waals surface area (Å²) >= 11 is 0. The minimum atomic E-state index is -0.354. The maximum Gasteiger partial charge on any atom is 0.262 e. The minimum Gasteiger partial charge on any atom is -0.346 e. The van der Waals surface area contributed by atoms with Crippen LogP contribution >= 0.6 is 0 Å². The standard InChI is InChI=1S/C21H25N3O/c1-14(2)24-15(3)11-19(17(24)5)12-20(13-22)21(25)23-16(4)18-9-7-6-8-10-18/h6-12,14,16H,1-5H3,(H,23,25)/b20-12+/t16-/m1/s1. The lowest BCUT2D eigenvalue weighted by molar-refractivity contribution is -0.117. The van der Waals surface area contributed by atoms with Crippen LogP contribution in [0, 0.1) is 25.2 Å². The molecule has 2 aromatic rings. The summed E-state index contributed by atoms with van der Waals surface area (Å²) in [6.07, 6.45) is 1.67. The smallest absolute Gasteiger partial charge is 0.262 e. The number of amides is 1. The average molecular weight is 335 g/mol. The van der Waals surface area contributed by atoms with Crippen molar-refractivity contribution in [3.63, 3.8) is 0 Å². The van der Waals surface area contributed by atoms with Gasteiger partial charge >= 0.3 is 0 Å². The van der Waals surface area contributed by atoms with Gasteiger partial charge in [-0.15, -0.1) is 0 Å². The first kappa shape index (κ1) is 18.5. The SMILES string of the molecule is Cc1cc(/C=C(\C#N)C(=O)N[C@H](C)c2ccccc2)c(C)n1C(C)C. The van der Waals surface area contributed by atoms with Crippen LogP contribution in [-0.4, -0.2) is 10.5 Å². The summed E-state index contributed by atoms with van der Waals surface area (Å²) in [5.41, 5.74) is 4.21. The fraction of sp³-hybridized carbons (Fsp3) is 0.333. The number of nitrogens with zero attached hydrogens (tertiary/aromatic N) is 2. The molecule has 4 nitrogen and oxygen atoms in total. The molecule has 0 saturated carbocycles. The highest BCUT2D eigenvalue weighted by Crippen LogP contribution is 2.22. The lowest BCUT2D eigenvalue weighted by atomic mass is 10.1. The molecule has 0 saturated heterocycles. The van der Waals surface area contributed by atoms with Crippen molar-refractivity contribution in [1.82, 2.24) is 9.88 Å². The Bertz CT molecular complexity index is 823. The molecule has 2 rings (SSSR count). The number of hydrogen-bond acceptors (Lipinski definition) is 2. The van der Waals surface area contributed by atoms with Gasteiger partial charge in [-0.1, -0.05) is 30.3 Å². The monoisotopic (exact) mass is 335 g/mol. The van der Waals surface area contributed by atoms with Crippen molar-refractivity contribution < 1.29 is 4.79 Å². The number of carbonyl (C=O) groups is 1. The van der Waals surface area contributed by atoms with Crippen molar-refractivity contribution in [2.75, 3.05) is 0 Å². The minimum absolute atomic E-state index is 0.117. The average Bonchev–Trinajstić information content (AvgIpc) is 2.86. The highest BCUT2D eigenvalue weighted by molar-refractivity contribution is 6.02. The lowest BCUT2D eigenvalue weighted by Crippen LogP contribution is -2.27. The topological polar surface area (TPSA) is 57.8 Å². The number of hydrogen-bond donors (Lipinski definition) is 1. The van der Waals surface area contributed by atoms with E-state index in [9.17, 15) is 10.1 Å². The van der Waals surface area contributed by atoms with E-state index in [2.05, 4.69) is 23.7 Å². The van der Waals surface area contributed by atoms with Gasteiger partial charge in [0, 0.05) is 17.4 Å². The zero-order valence-electron chi connectivity index (χ0n) is 15.5. The number of nitriles is 1. The maximum atomic E-state index is 12.5. The van der Waals surface area contributed by atoms with E-state index in [1.165, 1.54) is 0 Å². The molecule has 130 valence electrons. The van der Waals surface area contributed by atoms with E-state index >= 15 is 0 Å². The summed E-state index contributed by atoms with van der Waals surface area (Å²) < 4.78 is 2.20. The first-order chi connectivity index (χ1) is 11.8.